The van der Waals surface area contributed by atoms with Gasteiger partial charge in [0.1, 0.15) is 0 Å². The Kier molecular flexibility index (Phi) is 8.63. The summed E-state index contributed by atoms with van der Waals surface area (Å²) in [6.45, 7) is 15.1. The summed E-state index contributed by atoms with van der Waals surface area (Å²) in [5, 5.41) is 5.60. The minimum Gasteiger partial charge on any atom is -0.344 e. The second kappa shape index (κ2) is 12.7. The lowest BCUT2D eigenvalue weighted by Gasteiger charge is -2.39. The molecule has 0 aliphatic carbocycles. The van der Waals surface area contributed by atoms with Crippen molar-refractivity contribution in [2.75, 3.05) is 6.67 Å². The van der Waals surface area contributed by atoms with Crippen molar-refractivity contribution in [3.05, 3.63) is 168 Å². The lowest BCUT2D eigenvalue weighted by atomic mass is 9.81. The van der Waals surface area contributed by atoms with Crippen LogP contribution in [-0.4, -0.2) is 28.6 Å². The molecule has 2 nitrogen and oxygen atoms in total. The molecule has 47 heavy (non-hydrogen) atoms. The van der Waals surface area contributed by atoms with Gasteiger partial charge in [-0.15, -0.1) is 0 Å². The lowest BCUT2D eigenvalue weighted by molar-refractivity contribution is 0.326. The summed E-state index contributed by atoms with van der Waals surface area (Å²) in [5.74, 6) is 0. The van der Waals surface area contributed by atoms with Crippen LogP contribution >= 0.6 is 15.8 Å². The minimum absolute atomic E-state index is 0.0315. The maximum absolute atomic E-state index is 2.76. The normalized spacial score (nSPS) is 19.6. The third-order valence-corrected chi connectivity index (χ3v) is 14.4. The van der Waals surface area contributed by atoms with Gasteiger partial charge in [-0.25, -0.2) is 0 Å². The monoisotopic (exact) mass is 652 g/mol. The van der Waals surface area contributed by atoms with Crippen LogP contribution in [0.4, 0.5) is 0 Å². The number of rotatable bonds is 6. The molecule has 0 spiro atoms. The molecule has 0 amide bonds. The molecule has 1 fully saturated rings. The third-order valence-electron chi connectivity index (χ3n) is 9.48. The van der Waals surface area contributed by atoms with E-state index in [1.165, 1.54) is 43.2 Å². The van der Waals surface area contributed by atoms with Crippen molar-refractivity contribution in [1.29, 1.82) is 0 Å². The highest BCUT2D eigenvalue weighted by atomic mass is 31.1. The Labute approximate surface area is 284 Å². The standard InChI is InChI=1S/C43H46N2P2/c1-42(2,3)32-27-38-39-28-33(43(4,5)6)30-41(47(36-23-15-9-16-24-36)37-25-17-10-18-26-37)45(39)31-44(38)40(29-32)46(34-19-11-7-12-20-34)35-21-13-8-14-22-35/h7-30,38-39H,31H2,1-6H3. The van der Waals surface area contributed by atoms with E-state index in [1.54, 1.807) is 0 Å². The van der Waals surface area contributed by atoms with E-state index in [0.29, 0.717) is 0 Å². The van der Waals surface area contributed by atoms with Gasteiger partial charge in [0.15, 0.2) is 0 Å². The third kappa shape index (κ3) is 6.32. The molecule has 3 heterocycles. The second-order valence-corrected chi connectivity index (χ2v) is 19.1. The quantitative estimate of drug-likeness (QED) is 0.192. The van der Waals surface area contributed by atoms with Gasteiger partial charge in [-0.05, 0) is 55.3 Å². The highest BCUT2D eigenvalue weighted by Crippen LogP contribution is 2.56. The fourth-order valence-electron chi connectivity index (χ4n) is 6.91. The minimum atomic E-state index is -0.769. The topological polar surface area (TPSA) is 6.48 Å². The van der Waals surface area contributed by atoms with Crippen molar-refractivity contribution >= 4 is 37.1 Å². The summed E-state index contributed by atoms with van der Waals surface area (Å²) in [6.07, 6.45) is 10.3. The van der Waals surface area contributed by atoms with Crippen LogP contribution in [0.25, 0.3) is 0 Å². The van der Waals surface area contributed by atoms with E-state index in [-0.39, 0.29) is 22.9 Å². The SMILES string of the molecule is CC(C)(C)C1=CC2C3C=C(C(C)(C)C)C=C(P(c4ccccc4)c4ccccc4)N3CN2C(P(c2ccccc2)c2ccccc2)=C1. The second-order valence-electron chi connectivity index (χ2n) is 14.8. The van der Waals surface area contributed by atoms with E-state index >= 15 is 0 Å². The van der Waals surface area contributed by atoms with Gasteiger partial charge in [-0.1, -0.05) is 175 Å². The van der Waals surface area contributed by atoms with Crippen molar-refractivity contribution in [3.8, 4) is 0 Å². The summed E-state index contributed by atoms with van der Waals surface area (Å²) in [4.78, 5) is 5.51. The predicted octanol–water partition coefficient (Wildman–Crippen LogP) is 9.22. The molecule has 1 saturated heterocycles. The number of allylic oxidation sites excluding steroid dienone is 4. The molecule has 4 aromatic carbocycles. The Morgan fingerprint density at radius 2 is 0.723 bits per heavy atom. The van der Waals surface area contributed by atoms with Crippen molar-refractivity contribution in [2.45, 2.75) is 53.6 Å². The number of benzene rings is 4. The number of fused-ring (bicyclic) bond motifs is 3. The first-order valence-corrected chi connectivity index (χ1v) is 19.5. The van der Waals surface area contributed by atoms with Crippen molar-refractivity contribution in [3.63, 3.8) is 0 Å². The molecule has 0 saturated carbocycles. The van der Waals surface area contributed by atoms with E-state index in [9.17, 15) is 0 Å². The van der Waals surface area contributed by atoms with Crippen LogP contribution in [0.3, 0.4) is 0 Å². The summed E-state index contributed by atoms with van der Waals surface area (Å²) >= 11 is 0. The van der Waals surface area contributed by atoms with E-state index in [2.05, 4.69) is 197 Å². The molecular formula is C43H46N2P2. The summed E-state index contributed by atoms with van der Waals surface area (Å²) in [6, 6.07) is 45.3. The molecule has 0 radical (unpaired) electrons. The van der Waals surface area contributed by atoms with Crippen molar-refractivity contribution in [2.24, 2.45) is 10.8 Å². The summed E-state index contributed by atoms with van der Waals surface area (Å²) < 4.78 is 0. The smallest absolute Gasteiger partial charge is 0.0917 e. The van der Waals surface area contributed by atoms with Crippen LogP contribution in [0.5, 0.6) is 0 Å². The van der Waals surface area contributed by atoms with Crippen LogP contribution in [0.15, 0.2) is 168 Å². The first kappa shape index (κ1) is 31.9. The van der Waals surface area contributed by atoms with Gasteiger partial charge in [-0.2, -0.15) is 0 Å². The Hall–Kier alpha value is -3.70. The average Bonchev–Trinajstić information content (AvgIpc) is 3.45. The van der Waals surface area contributed by atoms with Crippen molar-refractivity contribution < 1.29 is 0 Å². The zero-order valence-corrected chi connectivity index (χ0v) is 30.3. The van der Waals surface area contributed by atoms with Crippen LogP contribution < -0.4 is 21.2 Å². The maximum atomic E-state index is 2.76. The average molecular weight is 653 g/mol. The fourth-order valence-corrected chi connectivity index (χ4v) is 11.9. The molecule has 2 atom stereocenters. The number of hydrogen-bond donors (Lipinski definition) is 0. The first-order chi connectivity index (χ1) is 22.6. The molecule has 0 bridgehead atoms. The van der Waals surface area contributed by atoms with Crippen LogP contribution in [0.2, 0.25) is 0 Å². The van der Waals surface area contributed by atoms with Gasteiger partial charge in [0, 0.05) is 26.7 Å². The molecule has 2 unspecified atom stereocenters. The maximum Gasteiger partial charge on any atom is 0.0917 e. The van der Waals surface area contributed by atoms with Gasteiger partial charge < -0.3 is 9.80 Å². The highest BCUT2D eigenvalue weighted by molar-refractivity contribution is 7.77. The van der Waals surface area contributed by atoms with Crippen molar-refractivity contribution in [1.82, 2.24) is 9.80 Å². The molecule has 4 heteroatoms. The molecular weight excluding hydrogens is 606 g/mol. The molecule has 0 aromatic heterocycles. The zero-order valence-electron chi connectivity index (χ0n) is 28.5. The molecule has 7 rings (SSSR count). The van der Waals surface area contributed by atoms with E-state index < -0.39 is 15.8 Å². The Morgan fingerprint density at radius 1 is 0.447 bits per heavy atom. The fraction of sp³-hybridized carbons (Fsp3) is 0.256. The van der Waals surface area contributed by atoms with Crippen LogP contribution in [-0.2, 0) is 0 Å². The van der Waals surface area contributed by atoms with Gasteiger partial charge >= 0.3 is 0 Å². The van der Waals surface area contributed by atoms with Crippen LogP contribution in [0.1, 0.15) is 41.5 Å². The van der Waals surface area contributed by atoms with Gasteiger partial charge in [-0.3, -0.25) is 0 Å². The van der Waals surface area contributed by atoms with Gasteiger partial charge in [0.05, 0.1) is 18.8 Å². The largest absolute Gasteiger partial charge is 0.344 e. The summed E-state index contributed by atoms with van der Waals surface area (Å²) in [5.41, 5.74) is 5.85. The highest BCUT2D eigenvalue weighted by Gasteiger charge is 2.47. The van der Waals surface area contributed by atoms with E-state index in [4.69, 9.17) is 0 Å². The molecule has 4 aromatic rings. The summed E-state index contributed by atoms with van der Waals surface area (Å²) in [7, 11) is -1.54. The van der Waals surface area contributed by atoms with Gasteiger partial charge in [0.25, 0.3) is 0 Å². The molecule has 238 valence electrons. The van der Waals surface area contributed by atoms with E-state index in [1.807, 2.05) is 0 Å². The number of nitrogens with zero attached hydrogens (tertiary/aromatic N) is 2. The molecule has 3 aliphatic rings. The van der Waals surface area contributed by atoms with Crippen LogP contribution in [0, 0.1) is 10.8 Å². The molecule has 3 aliphatic heterocycles. The lowest BCUT2D eigenvalue weighted by Crippen LogP contribution is -2.39. The van der Waals surface area contributed by atoms with E-state index in [0.717, 1.165) is 6.67 Å². The Balaban J connectivity index is 1.42. The predicted molar refractivity (Wildman–Crippen MR) is 206 cm³/mol. The Bertz CT molecular complexity index is 1610. The van der Waals surface area contributed by atoms with Gasteiger partial charge in [0.2, 0.25) is 0 Å². The first-order valence-electron chi connectivity index (χ1n) is 16.8. The number of hydrogen-bond acceptors (Lipinski definition) is 2. The zero-order chi connectivity index (χ0) is 32.8. The molecule has 0 N–H and O–H groups in total. The Morgan fingerprint density at radius 3 is 0.979 bits per heavy atom.